The highest BCUT2D eigenvalue weighted by Crippen LogP contribution is 2.23. The van der Waals surface area contributed by atoms with Gasteiger partial charge in [0.05, 0.1) is 0 Å². The van der Waals surface area contributed by atoms with Crippen molar-refractivity contribution in [3.05, 3.63) is 28.8 Å². The highest BCUT2D eigenvalue weighted by atomic mass is 35.5. The summed E-state index contributed by atoms with van der Waals surface area (Å²) in [6.45, 7) is 5.38. The van der Waals surface area contributed by atoms with Crippen LogP contribution in [0.2, 0.25) is 5.02 Å². The Balaban J connectivity index is 2.96. The summed E-state index contributed by atoms with van der Waals surface area (Å²) in [5.74, 6) is 0.611. The minimum Gasteiger partial charge on any atom is -0.389 e. The molecule has 0 radical (unpaired) electrons. The summed E-state index contributed by atoms with van der Waals surface area (Å²) in [4.78, 5) is 2.56. The molecule has 0 heterocycles. The first-order valence-corrected chi connectivity index (χ1v) is 7.58. The Kier molecular flexibility index (Phi) is 6.72. The summed E-state index contributed by atoms with van der Waals surface area (Å²) >= 11 is 11.2. The molecule has 20 heavy (non-hydrogen) atoms. The van der Waals surface area contributed by atoms with Crippen LogP contribution in [0.5, 0.6) is 0 Å². The molecule has 112 valence electrons. The van der Waals surface area contributed by atoms with Crippen molar-refractivity contribution < 1.29 is 0 Å². The molecule has 0 fully saturated rings. The van der Waals surface area contributed by atoms with Crippen LogP contribution in [0.4, 0.5) is 5.69 Å². The van der Waals surface area contributed by atoms with E-state index in [1.165, 1.54) is 0 Å². The van der Waals surface area contributed by atoms with Crippen molar-refractivity contribution in [2.45, 2.75) is 26.3 Å². The number of thiocarbonyl (C=S) groups is 1. The number of hydrogen-bond acceptors (Lipinski definition) is 3. The number of hydrogen-bond donors (Lipinski definition) is 2. The van der Waals surface area contributed by atoms with Gasteiger partial charge in [-0.3, -0.25) is 0 Å². The van der Waals surface area contributed by atoms with E-state index >= 15 is 0 Å². The van der Waals surface area contributed by atoms with Gasteiger partial charge in [-0.15, -0.1) is 0 Å². The fraction of sp³-hybridized carbons (Fsp3) is 0.533. The van der Waals surface area contributed by atoms with E-state index in [2.05, 4.69) is 38.2 Å². The number of nitrogens with zero attached hydrogens (tertiary/aromatic N) is 1. The number of likely N-dealkylation sites (N-methyl/N-ethyl adjacent to an activating group) is 1. The Bertz CT molecular complexity index is 450. The molecule has 0 saturated carbocycles. The molecule has 0 amide bonds. The second-order valence-corrected chi connectivity index (χ2v) is 6.66. The van der Waals surface area contributed by atoms with Gasteiger partial charge in [0.15, 0.2) is 0 Å². The molecule has 0 aliphatic rings. The quantitative estimate of drug-likeness (QED) is 0.757. The molecule has 0 aromatic heterocycles. The molecule has 1 aromatic carbocycles. The third-order valence-electron chi connectivity index (χ3n) is 2.95. The highest BCUT2D eigenvalue weighted by molar-refractivity contribution is 7.80. The molecule has 1 atom stereocenters. The number of nitrogens with two attached hydrogens (primary N) is 1. The summed E-state index contributed by atoms with van der Waals surface area (Å²) in [7, 11) is 4.14. The molecule has 5 heteroatoms. The zero-order valence-electron chi connectivity index (χ0n) is 12.6. The van der Waals surface area contributed by atoms with Crippen molar-refractivity contribution in [1.82, 2.24) is 4.90 Å². The van der Waals surface area contributed by atoms with Gasteiger partial charge in [-0.25, -0.2) is 0 Å². The Hall–Kier alpha value is -0.840. The van der Waals surface area contributed by atoms with E-state index in [0.717, 1.165) is 24.2 Å². The Morgan fingerprint density at radius 3 is 2.55 bits per heavy atom. The zero-order valence-corrected chi connectivity index (χ0v) is 14.2. The molecule has 1 unspecified atom stereocenters. The minimum atomic E-state index is 0.330. The largest absolute Gasteiger partial charge is 0.389 e. The van der Waals surface area contributed by atoms with Crippen molar-refractivity contribution >= 4 is 34.5 Å². The average Bonchev–Trinajstić information content (AvgIpc) is 2.26. The van der Waals surface area contributed by atoms with Crippen LogP contribution in [0.15, 0.2) is 18.2 Å². The third-order valence-corrected chi connectivity index (χ3v) is 3.40. The Morgan fingerprint density at radius 1 is 1.40 bits per heavy atom. The van der Waals surface area contributed by atoms with Crippen LogP contribution in [-0.2, 0) is 0 Å². The topological polar surface area (TPSA) is 41.3 Å². The van der Waals surface area contributed by atoms with Gasteiger partial charge in [0.1, 0.15) is 4.99 Å². The molecule has 0 spiro atoms. The van der Waals surface area contributed by atoms with Crippen molar-refractivity contribution in [3.8, 4) is 0 Å². The molecular weight excluding hydrogens is 290 g/mol. The van der Waals surface area contributed by atoms with Gasteiger partial charge in [-0.05, 0) is 44.6 Å². The normalized spacial score (nSPS) is 12.8. The molecule has 0 bridgehead atoms. The van der Waals surface area contributed by atoms with Gasteiger partial charge >= 0.3 is 0 Å². The number of halogens is 1. The van der Waals surface area contributed by atoms with Gasteiger partial charge in [0, 0.05) is 28.9 Å². The molecule has 1 aromatic rings. The fourth-order valence-electron chi connectivity index (χ4n) is 2.26. The zero-order chi connectivity index (χ0) is 15.3. The molecular formula is C15H24ClN3S. The predicted octanol–water partition coefficient (Wildman–Crippen LogP) is 3.36. The standard InChI is InChI=1S/C15H24ClN3S/c1-10(2)7-12(9-19(3)4)18-14-8-11(16)5-6-13(14)15(17)20/h5-6,8,10,12,18H,7,9H2,1-4H3,(H2,17,20). The lowest BCUT2D eigenvalue weighted by Gasteiger charge is -2.26. The SMILES string of the molecule is CC(C)CC(CN(C)C)Nc1cc(Cl)ccc1C(N)=S. The lowest BCUT2D eigenvalue weighted by molar-refractivity contribution is 0.356. The molecule has 0 aliphatic heterocycles. The van der Waals surface area contributed by atoms with Crippen LogP contribution in [-0.4, -0.2) is 36.6 Å². The van der Waals surface area contributed by atoms with E-state index in [-0.39, 0.29) is 0 Å². The van der Waals surface area contributed by atoms with Gasteiger partial charge in [-0.1, -0.05) is 37.7 Å². The Labute approximate surface area is 132 Å². The molecule has 3 nitrogen and oxygen atoms in total. The Morgan fingerprint density at radius 2 is 2.05 bits per heavy atom. The first-order valence-electron chi connectivity index (χ1n) is 6.80. The predicted molar refractivity (Wildman–Crippen MR) is 92.8 cm³/mol. The fourth-order valence-corrected chi connectivity index (χ4v) is 2.61. The summed E-state index contributed by atoms with van der Waals surface area (Å²) in [6.07, 6.45) is 1.07. The van der Waals surface area contributed by atoms with E-state index in [1.54, 1.807) is 0 Å². The lowest BCUT2D eigenvalue weighted by Crippen LogP contribution is -2.34. The molecule has 0 saturated heterocycles. The number of rotatable bonds is 7. The maximum absolute atomic E-state index is 6.08. The summed E-state index contributed by atoms with van der Waals surface area (Å²) in [5, 5.41) is 4.22. The van der Waals surface area contributed by atoms with Crippen molar-refractivity contribution in [2.75, 3.05) is 26.0 Å². The van der Waals surface area contributed by atoms with Crippen LogP contribution in [0, 0.1) is 5.92 Å². The summed E-state index contributed by atoms with van der Waals surface area (Å²) < 4.78 is 0. The first-order chi connectivity index (χ1) is 9.29. The second-order valence-electron chi connectivity index (χ2n) is 5.79. The summed E-state index contributed by atoms with van der Waals surface area (Å²) in [5.41, 5.74) is 7.54. The highest BCUT2D eigenvalue weighted by Gasteiger charge is 2.15. The first kappa shape index (κ1) is 17.2. The van der Waals surface area contributed by atoms with E-state index in [4.69, 9.17) is 29.6 Å². The van der Waals surface area contributed by atoms with E-state index in [1.807, 2.05) is 18.2 Å². The van der Waals surface area contributed by atoms with Crippen LogP contribution in [0.1, 0.15) is 25.8 Å². The maximum Gasteiger partial charge on any atom is 0.106 e. The summed E-state index contributed by atoms with van der Waals surface area (Å²) in [6, 6.07) is 5.90. The van der Waals surface area contributed by atoms with Gasteiger partial charge in [-0.2, -0.15) is 0 Å². The number of nitrogens with one attached hydrogen (secondary N) is 1. The molecule has 3 N–H and O–H groups in total. The second kappa shape index (κ2) is 7.81. The molecule has 1 rings (SSSR count). The lowest BCUT2D eigenvalue weighted by atomic mass is 10.0. The monoisotopic (exact) mass is 313 g/mol. The van der Waals surface area contributed by atoms with Gasteiger partial charge in [0.2, 0.25) is 0 Å². The van der Waals surface area contributed by atoms with Crippen LogP contribution >= 0.6 is 23.8 Å². The van der Waals surface area contributed by atoms with Crippen LogP contribution in [0.25, 0.3) is 0 Å². The van der Waals surface area contributed by atoms with Gasteiger partial charge < -0.3 is 16.0 Å². The molecule has 0 aliphatic carbocycles. The van der Waals surface area contributed by atoms with E-state index in [0.29, 0.717) is 22.0 Å². The average molecular weight is 314 g/mol. The maximum atomic E-state index is 6.08. The van der Waals surface area contributed by atoms with Crippen LogP contribution in [0.3, 0.4) is 0 Å². The van der Waals surface area contributed by atoms with Crippen molar-refractivity contribution in [2.24, 2.45) is 11.7 Å². The number of benzene rings is 1. The van der Waals surface area contributed by atoms with E-state index in [9.17, 15) is 0 Å². The third kappa shape index (κ3) is 5.65. The van der Waals surface area contributed by atoms with Gasteiger partial charge in [0.25, 0.3) is 0 Å². The van der Waals surface area contributed by atoms with E-state index < -0.39 is 0 Å². The van der Waals surface area contributed by atoms with Crippen molar-refractivity contribution in [3.63, 3.8) is 0 Å². The smallest absolute Gasteiger partial charge is 0.106 e. The van der Waals surface area contributed by atoms with Crippen molar-refractivity contribution in [1.29, 1.82) is 0 Å². The minimum absolute atomic E-state index is 0.330. The van der Waals surface area contributed by atoms with Crippen LogP contribution < -0.4 is 11.1 Å². The number of anilines is 1.